The highest BCUT2D eigenvalue weighted by Gasteiger charge is 2.26. The van der Waals surface area contributed by atoms with E-state index < -0.39 is 6.10 Å². The number of benzene rings is 2. The van der Waals surface area contributed by atoms with Crippen LogP contribution in [0.5, 0.6) is 11.5 Å². The Balaban J connectivity index is 1.44. The molecule has 1 atom stereocenters. The molecule has 130 valence electrons. The zero-order valence-electron chi connectivity index (χ0n) is 14.0. The van der Waals surface area contributed by atoms with Gasteiger partial charge >= 0.3 is 0 Å². The first-order valence-corrected chi connectivity index (χ1v) is 8.15. The smallest absolute Gasteiger partial charge is 0.264 e. The lowest BCUT2D eigenvalue weighted by molar-refractivity contribution is -0.130. The second-order valence-corrected chi connectivity index (χ2v) is 5.77. The Morgan fingerprint density at radius 2 is 1.80 bits per heavy atom. The number of fused-ring (bicyclic) bond motifs is 1. The molecule has 0 aromatic heterocycles. The van der Waals surface area contributed by atoms with E-state index in [-0.39, 0.29) is 31.4 Å². The maximum atomic E-state index is 12.2. The summed E-state index contributed by atoms with van der Waals surface area (Å²) in [5.41, 5.74) is 1.77. The van der Waals surface area contributed by atoms with Crippen LogP contribution in [0.2, 0.25) is 0 Å². The molecule has 25 heavy (non-hydrogen) atoms. The Morgan fingerprint density at radius 1 is 1.08 bits per heavy atom. The van der Waals surface area contributed by atoms with Crippen LogP contribution in [-0.2, 0) is 9.59 Å². The summed E-state index contributed by atoms with van der Waals surface area (Å²) >= 11 is 0. The van der Waals surface area contributed by atoms with E-state index in [1.54, 1.807) is 12.1 Å². The Labute approximate surface area is 146 Å². The van der Waals surface area contributed by atoms with E-state index in [0.29, 0.717) is 11.5 Å². The van der Waals surface area contributed by atoms with Crippen molar-refractivity contribution in [3.05, 3.63) is 54.1 Å². The van der Waals surface area contributed by atoms with Crippen molar-refractivity contribution in [3.8, 4) is 11.5 Å². The van der Waals surface area contributed by atoms with Gasteiger partial charge in [0.25, 0.3) is 5.91 Å². The highest BCUT2D eigenvalue weighted by atomic mass is 16.6. The first kappa shape index (κ1) is 16.8. The molecule has 6 heteroatoms. The standard InChI is InChI=1S/C19H20N2O4/c1-13-6-2-3-7-14(13)21-18(22)10-11-20-19(23)17-12-24-15-8-4-5-9-16(15)25-17/h2-9,17H,10-12H2,1H3,(H,20,23)(H,21,22)/t17-/m1/s1. The van der Waals surface area contributed by atoms with Crippen molar-refractivity contribution >= 4 is 17.5 Å². The minimum absolute atomic E-state index is 0.151. The zero-order chi connectivity index (χ0) is 17.6. The third-order valence-electron chi connectivity index (χ3n) is 3.87. The van der Waals surface area contributed by atoms with Gasteiger partial charge in [-0.15, -0.1) is 0 Å². The van der Waals surface area contributed by atoms with Crippen LogP contribution in [0.3, 0.4) is 0 Å². The summed E-state index contributed by atoms with van der Waals surface area (Å²) in [5, 5.41) is 5.54. The van der Waals surface area contributed by atoms with Gasteiger partial charge in [0.2, 0.25) is 12.0 Å². The maximum Gasteiger partial charge on any atom is 0.264 e. The summed E-state index contributed by atoms with van der Waals surface area (Å²) in [4.78, 5) is 24.1. The number of carbonyl (C=O) groups excluding carboxylic acids is 2. The first-order chi connectivity index (χ1) is 12.1. The van der Waals surface area contributed by atoms with Crippen LogP contribution in [0.4, 0.5) is 5.69 Å². The van der Waals surface area contributed by atoms with E-state index in [0.717, 1.165) is 11.3 Å². The molecular formula is C19H20N2O4. The molecule has 1 heterocycles. The fraction of sp³-hybridized carbons (Fsp3) is 0.263. The van der Waals surface area contributed by atoms with Crippen LogP contribution in [0, 0.1) is 6.92 Å². The number of para-hydroxylation sites is 3. The molecular weight excluding hydrogens is 320 g/mol. The van der Waals surface area contributed by atoms with E-state index in [1.807, 2.05) is 43.3 Å². The van der Waals surface area contributed by atoms with Crippen molar-refractivity contribution in [2.24, 2.45) is 0 Å². The van der Waals surface area contributed by atoms with Crippen LogP contribution >= 0.6 is 0 Å². The van der Waals surface area contributed by atoms with E-state index in [1.165, 1.54) is 0 Å². The number of ether oxygens (including phenoxy) is 2. The highest BCUT2D eigenvalue weighted by molar-refractivity contribution is 5.92. The van der Waals surface area contributed by atoms with Crippen molar-refractivity contribution < 1.29 is 19.1 Å². The topological polar surface area (TPSA) is 76.7 Å². The average molecular weight is 340 g/mol. The molecule has 2 amide bonds. The van der Waals surface area contributed by atoms with Crippen molar-refractivity contribution in [2.45, 2.75) is 19.4 Å². The summed E-state index contributed by atoms with van der Waals surface area (Å²) < 4.78 is 11.1. The molecule has 2 aromatic carbocycles. The van der Waals surface area contributed by atoms with Gasteiger partial charge in [-0.3, -0.25) is 9.59 Å². The molecule has 1 aliphatic heterocycles. The van der Waals surface area contributed by atoms with Crippen LogP contribution in [0.1, 0.15) is 12.0 Å². The number of hydrogen-bond acceptors (Lipinski definition) is 4. The van der Waals surface area contributed by atoms with Crippen LogP contribution in [0.25, 0.3) is 0 Å². The maximum absolute atomic E-state index is 12.2. The summed E-state index contributed by atoms with van der Waals surface area (Å²) in [5.74, 6) is 0.731. The molecule has 0 aliphatic carbocycles. The van der Waals surface area contributed by atoms with E-state index in [4.69, 9.17) is 9.47 Å². The number of rotatable bonds is 5. The van der Waals surface area contributed by atoms with E-state index in [2.05, 4.69) is 10.6 Å². The summed E-state index contributed by atoms with van der Waals surface area (Å²) in [6, 6.07) is 14.8. The van der Waals surface area contributed by atoms with Gasteiger partial charge in [-0.1, -0.05) is 30.3 Å². The molecule has 2 N–H and O–H groups in total. The number of amides is 2. The lowest BCUT2D eigenvalue weighted by Crippen LogP contribution is -2.44. The minimum atomic E-state index is -0.714. The molecule has 3 rings (SSSR count). The molecule has 0 radical (unpaired) electrons. The molecule has 1 aliphatic rings. The molecule has 6 nitrogen and oxygen atoms in total. The zero-order valence-corrected chi connectivity index (χ0v) is 14.0. The van der Waals surface area contributed by atoms with Crippen molar-refractivity contribution in [1.82, 2.24) is 5.32 Å². The van der Waals surface area contributed by atoms with Crippen LogP contribution in [-0.4, -0.2) is 31.1 Å². The number of hydrogen-bond donors (Lipinski definition) is 2. The van der Waals surface area contributed by atoms with Crippen molar-refractivity contribution in [3.63, 3.8) is 0 Å². The Hall–Kier alpha value is -3.02. The summed E-state index contributed by atoms with van der Waals surface area (Å²) in [7, 11) is 0. The monoisotopic (exact) mass is 340 g/mol. The molecule has 0 fully saturated rings. The average Bonchev–Trinajstić information content (AvgIpc) is 2.63. The number of carbonyl (C=O) groups is 2. The van der Waals surface area contributed by atoms with Gasteiger partial charge in [0.1, 0.15) is 6.61 Å². The lowest BCUT2D eigenvalue weighted by atomic mass is 10.2. The predicted octanol–water partition coefficient (Wildman–Crippen LogP) is 2.28. The van der Waals surface area contributed by atoms with E-state index in [9.17, 15) is 9.59 Å². The summed E-state index contributed by atoms with van der Waals surface area (Å²) in [6.07, 6.45) is -0.529. The van der Waals surface area contributed by atoms with Gasteiger partial charge in [0.15, 0.2) is 11.5 Å². The Kier molecular flexibility index (Phi) is 5.18. The Morgan fingerprint density at radius 3 is 2.60 bits per heavy atom. The number of aryl methyl sites for hydroxylation is 1. The largest absolute Gasteiger partial charge is 0.485 e. The molecule has 0 saturated carbocycles. The Bertz CT molecular complexity index is 776. The number of nitrogens with one attached hydrogen (secondary N) is 2. The third kappa shape index (κ3) is 4.29. The van der Waals surface area contributed by atoms with Crippen LogP contribution in [0.15, 0.2) is 48.5 Å². The predicted molar refractivity (Wildman–Crippen MR) is 93.8 cm³/mol. The molecule has 2 aromatic rings. The van der Waals surface area contributed by atoms with Gasteiger partial charge < -0.3 is 20.1 Å². The van der Waals surface area contributed by atoms with Crippen LogP contribution < -0.4 is 20.1 Å². The second-order valence-electron chi connectivity index (χ2n) is 5.77. The molecule has 0 unspecified atom stereocenters. The lowest BCUT2D eigenvalue weighted by Gasteiger charge is -2.25. The van der Waals surface area contributed by atoms with Gasteiger partial charge in [-0.2, -0.15) is 0 Å². The van der Waals surface area contributed by atoms with Gasteiger partial charge in [0.05, 0.1) is 0 Å². The van der Waals surface area contributed by atoms with Gasteiger partial charge in [0, 0.05) is 18.7 Å². The molecule has 0 spiro atoms. The SMILES string of the molecule is Cc1ccccc1NC(=O)CCNC(=O)[C@H]1COc2ccccc2O1. The minimum Gasteiger partial charge on any atom is -0.485 e. The first-order valence-electron chi connectivity index (χ1n) is 8.15. The normalized spacial score (nSPS) is 15.3. The van der Waals surface area contributed by atoms with Crippen molar-refractivity contribution in [2.75, 3.05) is 18.5 Å². The number of anilines is 1. The van der Waals surface area contributed by atoms with E-state index >= 15 is 0 Å². The van der Waals surface area contributed by atoms with Gasteiger partial charge in [-0.25, -0.2) is 0 Å². The summed E-state index contributed by atoms with van der Waals surface area (Å²) in [6.45, 7) is 2.31. The third-order valence-corrected chi connectivity index (χ3v) is 3.87. The fourth-order valence-corrected chi connectivity index (χ4v) is 2.49. The quantitative estimate of drug-likeness (QED) is 0.875. The second kappa shape index (κ2) is 7.70. The fourth-order valence-electron chi connectivity index (χ4n) is 2.49. The van der Waals surface area contributed by atoms with Crippen molar-refractivity contribution in [1.29, 1.82) is 0 Å². The molecule has 0 saturated heterocycles. The molecule has 0 bridgehead atoms. The highest BCUT2D eigenvalue weighted by Crippen LogP contribution is 2.30. The van der Waals surface area contributed by atoms with Gasteiger partial charge in [-0.05, 0) is 30.7 Å².